The van der Waals surface area contributed by atoms with Crippen LogP contribution in [0.1, 0.15) is 33.3 Å². The van der Waals surface area contributed by atoms with Gasteiger partial charge in [-0.05, 0) is 18.6 Å². The molecule has 0 radical (unpaired) electrons. The van der Waals surface area contributed by atoms with Crippen LogP contribution in [0.4, 0.5) is 0 Å². The predicted molar refractivity (Wildman–Crippen MR) is 71.2 cm³/mol. The molecule has 0 bridgehead atoms. The number of carboxylic acids is 1. The van der Waals surface area contributed by atoms with E-state index in [1.807, 2.05) is 6.92 Å². The smallest absolute Gasteiger partial charge is 0.340 e. The Bertz CT molecular complexity index is 661. The number of carbonyl (C=O) groups excluding carboxylic acids is 1. The zero-order valence-electron chi connectivity index (χ0n) is 11.2. The number of para-hydroxylation sites is 1. The second-order valence-corrected chi connectivity index (χ2v) is 4.08. The topological polar surface area (TPSA) is 81.4 Å². The highest BCUT2D eigenvalue weighted by atomic mass is 16.5. The summed E-state index contributed by atoms with van der Waals surface area (Å²) in [4.78, 5) is 22.9. The fraction of sp³-hybridized carbons (Fsp3) is 0.214. The molecule has 104 valence electrons. The molecule has 0 aliphatic heterocycles. The molecule has 0 fully saturated rings. The maximum atomic E-state index is 11.8. The van der Waals surface area contributed by atoms with Crippen LogP contribution in [0, 0.1) is 0 Å². The number of aromatic carboxylic acids is 1. The lowest BCUT2D eigenvalue weighted by molar-refractivity contribution is 0.0600. The van der Waals surface area contributed by atoms with Crippen molar-refractivity contribution in [2.75, 3.05) is 7.11 Å². The van der Waals surface area contributed by atoms with Crippen LogP contribution < -0.4 is 0 Å². The van der Waals surface area contributed by atoms with Crippen molar-refractivity contribution in [3.63, 3.8) is 0 Å². The third kappa shape index (κ3) is 2.27. The molecule has 6 nitrogen and oxygen atoms in total. The summed E-state index contributed by atoms with van der Waals surface area (Å²) in [7, 11) is 1.30. The number of methoxy groups -OCH3 is 1. The van der Waals surface area contributed by atoms with Gasteiger partial charge >= 0.3 is 11.9 Å². The Morgan fingerprint density at radius 2 is 2.00 bits per heavy atom. The lowest BCUT2D eigenvalue weighted by atomic mass is 10.1. The van der Waals surface area contributed by atoms with Gasteiger partial charge in [-0.3, -0.25) is 0 Å². The van der Waals surface area contributed by atoms with Crippen LogP contribution in [-0.4, -0.2) is 33.9 Å². The van der Waals surface area contributed by atoms with Gasteiger partial charge in [-0.15, -0.1) is 0 Å². The lowest BCUT2D eigenvalue weighted by Crippen LogP contribution is -2.11. The molecule has 1 aromatic heterocycles. The Kier molecular flexibility index (Phi) is 3.84. The number of hydrogen-bond donors (Lipinski definition) is 1. The number of carboxylic acid groups (broad SMARTS) is 1. The highest BCUT2D eigenvalue weighted by Crippen LogP contribution is 2.20. The van der Waals surface area contributed by atoms with Crippen LogP contribution in [-0.2, 0) is 11.2 Å². The molecule has 0 aliphatic rings. The van der Waals surface area contributed by atoms with Gasteiger partial charge in [0.1, 0.15) is 5.56 Å². The Morgan fingerprint density at radius 1 is 1.30 bits per heavy atom. The summed E-state index contributed by atoms with van der Waals surface area (Å²) in [5, 5.41) is 13.2. The summed E-state index contributed by atoms with van der Waals surface area (Å²) in [6.45, 7) is 1.83. The van der Waals surface area contributed by atoms with Crippen molar-refractivity contribution in [2.45, 2.75) is 13.3 Å². The average molecular weight is 274 g/mol. The monoisotopic (exact) mass is 274 g/mol. The number of ether oxygens (including phenoxy) is 1. The van der Waals surface area contributed by atoms with E-state index in [0.717, 1.165) is 0 Å². The highest BCUT2D eigenvalue weighted by Gasteiger charge is 2.20. The van der Waals surface area contributed by atoms with Gasteiger partial charge in [0.15, 0.2) is 0 Å². The van der Waals surface area contributed by atoms with Crippen molar-refractivity contribution in [3.05, 3.63) is 47.3 Å². The maximum Gasteiger partial charge on any atom is 0.340 e. The van der Waals surface area contributed by atoms with Gasteiger partial charge in [-0.1, -0.05) is 19.1 Å². The molecule has 1 N–H and O–H groups in total. The van der Waals surface area contributed by atoms with E-state index < -0.39 is 11.9 Å². The third-order valence-corrected chi connectivity index (χ3v) is 2.97. The summed E-state index contributed by atoms with van der Waals surface area (Å²) in [5.41, 5.74) is 1.51. The average Bonchev–Trinajstić information content (AvgIpc) is 2.90. The minimum Gasteiger partial charge on any atom is -0.478 e. The molecule has 0 saturated carbocycles. The van der Waals surface area contributed by atoms with Crippen LogP contribution >= 0.6 is 0 Å². The van der Waals surface area contributed by atoms with Gasteiger partial charge in [-0.25, -0.2) is 14.3 Å². The summed E-state index contributed by atoms with van der Waals surface area (Å²) in [6, 6.07) is 6.78. The highest BCUT2D eigenvalue weighted by molar-refractivity contribution is 5.94. The SMILES string of the molecule is CCc1c(C(=O)O)cnn1-c1ccccc1C(=O)OC. The van der Waals surface area contributed by atoms with Crippen LogP contribution in [0.3, 0.4) is 0 Å². The Labute approximate surface area is 115 Å². The van der Waals surface area contributed by atoms with Gasteiger partial charge in [0.2, 0.25) is 0 Å². The predicted octanol–water partition coefficient (Wildman–Crippen LogP) is 1.92. The summed E-state index contributed by atoms with van der Waals surface area (Å²) >= 11 is 0. The van der Waals surface area contributed by atoms with E-state index >= 15 is 0 Å². The second kappa shape index (κ2) is 5.56. The van der Waals surface area contributed by atoms with E-state index in [2.05, 4.69) is 5.10 Å². The summed E-state index contributed by atoms with van der Waals surface area (Å²) in [6.07, 6.45) is 1.77. The van der Waals surface area contributed by atoms with Crippen LogP contribution in [0.25, 0.3) is 5.69 Å². The van der Waals surface area contributed by atoms with E-state index in [-0.39, 0.29) is 5.56 Å². The molecule has 1 aromatic carbocycles. The minimum atomic E-state index is -1.04. The van der Waals surface area contributed by atoms with Gasteiger partial charge in [0.05, 0.1) is 30.3 Å². The van der Waals surface area contributed by atoms with E-state index in [9.17, 15) is 9.59 Å². The fourth-order valence-corrected chi connectivity index (χ4v) is 2.04. The quantitative estimate of drug-likeness (QED) is 0.861. The standard InChI is InChI=1S/C14H14N2O4/c1-3-11-10(13(17)18)8-15-16(11)12-7-5-4-6-9(12)14(19)20-2/h4-8H,3H2,1-2H3,(H,17,18). The van der Waals surface area contributed by atoms with Gasteiger partial charge in [0, 0.05) is 0 Å². The van der Waals surface area contributed by atoms with E-state index in [1.54, 1.807) is 24.3 Å². The van der Waals surface area contributed by atoms with Gasteiger partial charge < -0.3 is 9.84 Å². The summed E-state index contributed by atoms with van der Waals surface area (Å²) in [5.74, 6) is -1.53. The normalized spacial score (nSPS) is 10.3. The van der Waals surface area contributed by atoms with Crippen molar-refractivity contribution < 1.29 is 19.4 Å². The number of carbonyl (C=O) groups is 2. The molecular weight excluding hydrogens is 260 g/mol. The number of nitrogens with zero attached hydrogens (tertiary/aromatic N) is 2. The molecule has 2 aromatic rings. The second-order valence-electron chi connectivity index (χ2n) is 4.08. The lowest BCUT2D eigenvalue weighted by Gasteiger charge is -2.10. The molecule has 2 rings (SSSR count). The van der Waals surface area contributed by atoms with Crippen molar-refractivity contribution in [1.29, 1.82) is 0 Å². The first-order chi connectivity index (χ1) is 9.60. The van der Waals surface area contributed by atoms with Gasteiger partial charge in [0.25, 0.3) is 0 Å². The van der Waals surface area contributed by atoms with Crippen molar-refractivity contribution in [2.24, 2.45) is 0 Å². The third-order valence-electron chi connectivity index (χ3n) is 2.97. The molecule has 1 heterocycles. The largest absolute Gasteiger partial charge is 0.478 e. The van der Waals surface area contributed by atoms with E-state index in [4.69, 9.17) is 9.84 Å². The van der Waals surface area contributed by atoms with E-state index in [1.165, 1.54) is 18.0 Å². The molecule has 0 amide bonds. The Hall–Kier alpha value is -2.63. The Morgan fingerprint density at radius 3 is 2.60 bits per heavy atom. The van der Waals surface area contributed by atoms with Crippen LogP contribution in [0.5, 0.6) is 0 Å². The molecule has 0 unspecified atom stereocenters. The number of esters is 1. The first-order valence-corrected chi connectivity index (χ1v) is 6.08. The molecule has 0 atom stereocenters. The maximum absolute atomic E-state index is 11.8. The number of benzene rings is 1. The van der Waals surface area contributed by atoms with E-state index in [0.29, 0.717) is 23.4 Å². The molecular formula is C14H14N2O4. The molecule has 20 heavy (non-hydrogen) atoms. The van der Waals surface area contributed by atoms with Crippen molar-refractivity contribution in [3.8, 4) is 5.69 Å². The zero-order valence-corrected chi connectivity index (χ0v) is 11.2. The first kappa shape index (κ1) is 13.8. The van der Waals surface area contributed by atoms with Crippen molar-refractivity contribution >= 4 is 11.9 Å². The number of aromatic nitrogens is 2. The zero-order chi connectivity index (χ0) is 14.7. The van der Waals surface area contributed by atoms with Crippen molar-refractivity contribution in [1.82, 2.24) is 9.78 Å². The number of rotatable bonds is 4. The molecule has 0 saturated heterocycles. The summed E-state index contributed by atoms with van der Waals surface area (Å²) < 4.78 is 6.20. The first-order valence-electron chi connectivity index (χ1n) is 6.08. The fourth-order valence-electron chi connectivity index (χ4n) is 2.04. The van der Waals surface area contributed by atoms with Crippen LogP contribution in [0.15, 0.2) is 30.5 Å². The molecule has 6 heteroatoms. The molecule has 0 spiro atoms. The molecule has 0 aliphatic carbocycles. The van der Waals surface area contributed by atoms with Gasteiger partial charge in [-0.2, -0.15) is 5.10 Å². The number of hydrogen-bond acceptors (Lipinski definition) is 4. The minimum absolute atomic E-state index is 0.132. The Balaban J connectivity index is 2.63. The van der Waals surface area contributed by atoms with Crippen LogP contribution in [0.2, 0.25) is 0 Å².